The summed E-state index contributed by atoms with van der Waals surface area (Å²) in [4.78, 5) is 0. The Hall–Kier alpha value is -0.0800. The number of ether oxygens (including phenoxy) is 2. The summed E-state index contributed by atoms with van der Waals surface area (Å²) in [6.07, 6.45) is 13.6. The van der Waals surface area contributed by atoms with Crippen molar-refractivity contribution in [3.63, 3.8) is 0 Å². The largest absolute Gasteiger partial charge is 0.378 e. The highest BCUT2D eigenvalue weighted by Crippen LogP contribution is 2.38. The minimum Gasteiger partial charge on any atom is -0.378 e. The summed E-state index contributed by atoms with van der Waals surface area (Å²) in [5.74, 6) is 0.689. The summed E-state index contributed by atoms with van der Waals surface area (Å²) >= 11 is 0. The van der Waals surface area contributed by atoms with E-state index in [1.54, 1.807) is 0 Å². The molecule has 0 bridgehead atoms. The molecule has 0 aromatic carbocycles. The van der Waals surface area contributed by atoms with Crippen LogP contribution in [0, 0.1) is 18.8 Å². The van der Waals surface area contributed by atoms with Gasteiger partial charge in [-0.25, -0.2) is 0 Å². The summed E-state index contributed by atoms with van der Waals surface area (Å²) < 4.78 is 11.7. The highest BCUT2D eigenvalue weighted by molar-refractivity contribution is 4.98. The van der Waals surface area contributed by atoms with Crippen molar-refractivity contribution >= 4 is 0 Å². The van der Waals surface area contributed by atoms with Crippen LogP contribution in [0.5, 0.6) is 0 Å². The zero-order valence-corrected chi connectivity index (χ0v) is 9.23. The predicted molar refractivity (Wildman–Crippen MR) is 58.2 cm³/mol. The van der Waals surface area contributed by atoms with Crippen molar-refractivity contribution in [2.24, 2.45) is 5.92 Å². The molecule has 0 saturated heterocycles. The highest BCUT2D eigenvalue weighted by atomic mass is 16.5. The lowest BCUT2D eigenvalue weighted by molar-refractivity contribution is 0.0235. The van der Waals surface area contributed by atoms with Crippen molar-refractivity contribution in [3.8, 4) is 0 Å². The van der Waals surface area contributed by atoms with Gasteiger partial charge in [-0.1, -0.05) is 12.8 Å². The monoisotopic (exact) mass is 208 g/mol. The second-order valence-electron chi connectivity index (χ2n) is 5.07. The van der Waals surface area contributed by atoms with E-state index in [0.29, 0.717) is 24.2 Å². The molecule has 0 heterocycles. The number of hydrogen-bond donors (Lipinski definition) is 0. The van der Waals surface area contributed by atoms with Crippen LogP contribution in [-0.4, -0.2) is 24.9 Å². The molecule has 3 rings (SSSR count). The van der Waals surface area contributed by atoms with E-state index in [-0.39, 0.29) is 0 Å². The fraction of sp³-hybridized carbons (Fsp3) is 0.846. The van der Waals surface area contributed by atoms with Crippen LogP contribution < -0.4 is 0 Å². The van der Waals surface area contributed by atoms with E-state index in [1.807, 2.05) is 0 Å². The number of hydrogen-bond acceptors (Lipinski definition) is 2. The maximum Gasteiger partial charge on any atom is 0.0634 e. The van der Waals surface area contributed by atoms with Gasteiger partial charge in [0.15, 0.2) is 0 Å². The average molecular weight is 208 g/mol. The van der Waals surface area contributed by atoms with Gasteiger partial charge >= 0.3 is 0 Å². The molecule has 3 aliphatic carbocycles. The van der Waals surface area contributed by atoms with Crippen molar-refractivity contribution in [2.75, 3.05) is 6.61 Å². The molecular formula is C13H20O2. The Labute approximate surface area is 92.3 Å². The van der Waals surface area contributed by atoms with Crippen LogP contribution in [-0.2, 0) is 9.47 Å². The Balaban J connectivity index is 1.31. The maximum absolute atomic E-state index is 6.02. The van der Waals surface area contributed by atoms with Gasteiger partial charge in [-0.15, -0.1) is 0 Å². The molecular weight excluding hydrogens is 188 g/mol. The van der Waals surface area contributed by atoms with E-state index >= 15 is 0 Å². The summed E-state index contributed by atoms with van der Waals surface area (Å²) in [6, 6.07) is 0. The first-order valence-electron chi connectivity index (χ1n) is 6.35. The molecule has 2 heteroatoms. The molecule has 0 amide bonds. The molecule has 2 nitrogen and oxygen atoms in total. The first-order chi connectivity index (χ1) is 7.42. The molecule has 4 unspecified atom stereocenters. The molecule has 0 aromatic rings. The Kier molecular flexibility index (Phi) is 2.98. The van der Waals surface area contributed by atoms with Gasteiger partial charge in [-0.2, -0.15) is 0 Å². The van der Waals surface area contributed by atoms with E-state index in [1.165, 1.54) is 32.1 Å². The molecule has 3 fully saturated rings. The normalized spacial score (nSPS) is 36.8. The molecule has 4 atom stereocenters. The van der Waals surface area contributed by atoms with Gasteiger partial charge in [-0.3, -0.25) is 0 Å². The zero-order valence-electron chi connectivity index (χ0n) is 9.23. The lowest BCUT2D eigenvalue weighted by Gasteiger charge is -2.21. The third kappa shape index (κ3) is 2.94. The maximum atomic E-state index is 6.02. The lowest BCUT2D eigenvalue weighted by atomic mass is 9.98. The average Bonchev–Trinajstić information content (AvgIpc) is 3.12. The van der Waals surface area contributed by atoms with Crippen LogP contribution in [0.15, 0.2) is 0 Å². The molecule has 0 aromatic heterocycles. The van der Waals surface area contributed by atoms with Gasteiger partial charge in [0.05, 0.1) is 24.9 Å². The van der Waals surface area contributed by atoms with Crippen molar-refractivity contribution in [3.05, 3.63) is 12.8 Å². The zero-order chi connectivity index (χ0) is 10.1. The summed E-state index contributed by atoms with van der Waals surface area (Å²) in [7, 11) is 0. The molecule has 0 aliphatic heterocycles. The molecule has 3 saturated carbocycles. The topological polar surface area (TPSA) is 18.5 Å². The molecule has 15 heavy (non-hydrogen) atoms. The summed E-state index contributed by atoms with van der Waals surface area (Å²) in [5.41, 5.74) is 0. The SMILES string of the molecule is [CH]1CC1OCC1CC1OC1[CH]CCCC1. The van der Waals surface area contributed by atoms with E-state index in [4.69, 9.17) is 9.47 Å². The smallest absolute Gasteiger partial charge is 0.0634 e. The minimum atomic E-state index is 0.446. The van der Waals surface area contributed by atoms with E-state index in [0.717, 1.165) is 13.0 Å². The standard InChI is InChI=1S/C13H20O2/c1-2-4-12(5-3-1)15-13-8-10(13)9-14-11-6-7-11/h4,6,10-13H,1-3,5,7-9H2. The first-order valence-corrected chi connectivity index (χ1v) is 6.35. The van der Waals surface area contributed by atoms with E-state index in [9.17, 15) is 0 Å². The Morgan fingerprint density at radius 1 is 1.13 bits per heavy atom. The first kappa shape index (κ1) is 10.1. The summed E-state index contributed by atoms with van der Waals surface area (Å²) in [5, 5.41) is 0. The second-order valence-corrected chi connectivity index (χ2v) is 5.07. The quantitative estimate of drug-likeness (QED) is 0.691. The molecule has 0 spiro atoms. The van der Waals surface area contributed by atoms with Crippen molar-refractivity contribution in [1.82, 2.24) is 0 Å². The Morgan fingerprint density at radius 3 is 2.80 bits per heavy atom. The Morgan fingerprint density at radius 2 is 2.07 bits per heavy atom. The van der Waals surface area contributed by atoms with Crippen molar-refractivity contribution in [1.29, 1.82) is 0 Å². The van der Waals surface area contributed by atoms with Crippen LogP contribution in [0.2, 0.25) is 0 Å². The van der Waals surface area contributed by atoms with Crippen LogP contribution in [0.25, 0.3) is 0 Å². The molecule has 84 valence electrons. The van der Waals surface area contributed by atoms with Gasteiger partial charge in [0.2, 0.25) is 0 Å². The van der Waals surface area contributed by atoms with Crippen LogP contribution in [0.1, 0.15) is 38.5 Å². The lowest BCUT2D eigenvalue weighted by Crippen LogP contribution is -2.19. The van der Waals surface area contributed by atoms with Crippen molar-refractivity contribution < 1.29 is 9.47 Å². The van der Waals surface area contributed by atoms with Crippen molar-refractivity contribution in [2.45, 2.75) is 56.8 Å². The highest BCUT2D eigenvalue weighted by Gasteiger charge is 2.41. The Bertz CT molecular complexity index is 207. The van der Waals surface area contributed by atoms with E-state index in [2.05, 4.69) is 12.8 Å². The molecule has 3 aliphatic rings. The third-order valence-electron chi connectivity index (χ3n) is 3.53. The minimum absolute atomic E-state index is 0.446. The molecule has 2 radical (unpaired) electrons. The van der Waals surface area contributed by atoms with Gasteiger partial charge in [0, 0.05) is 5.92 Å². The fourth-order valence-electron chi connectivity index (χ4n) is 2.26. The van der Waals surface area contributed by atoms with Crippen LogP contribution >= 0.6 is 0 Å². The molecule has 0 N–H and O–H groups in total. The van der Waals surface area contributed by atoms with Gasteiger partial charge < -0.3 is 9.47 Å². The fourth-order valence-corrected chi connectivity index (χ4v) is 2.26. The van der Waals surface area contributed by atoms with Crippen LogP contribution in [0.3, 0.4) is 0 Å². The van der Waals surface area contributed by atoms with Gasteiger partial charge in [0.1, 0.15) is 0 Å². The third-order valence-corrected chi connectivity index (χ3v) is 3.53. The van der Waals surface area contributed by atoms with Gasteiger partial charge in [0.25, 0.3) is 0 Å². The second kappa shape index (κ2) is 4.42. The number of rotatable bonds is 5. The van der Waals surface area contributed by atoms with Crippen LogP contribution in [0.4, 0.5) is 0 Å². The van der Waals surface area contributed by atoms with Gasteiger partial charge in [-0.05, 0) is 38.5 Å². The summed E-state index contributed by atoms with van der Waals surface area (Å²) in [6.45, 7) is 0.915. The van der Waals surface area contributed by atoms with E-state index < -0.39 is 0 Å². The predicted octanol–water partition coefficient (Wildman–Crippen LogP) is 2.53.